The smallest absolute Gasteiger partial charge is 0.246 e. The van der Waals surface area contributed by atoms with Crippen LogP contribution in [0.4, 0.5) is 4.39 Å². The second-order valence-electron chi connectivity index (χ2n) is 4.84. The van der Waals surface area contributed by atoms with Crippen molar-refractivity contribution in [3.63, 3.8) is 0 Å². The number of benzene rings is 1. The summed E-state index contributed by atoms with van der Waals surface area (Å²) in [5, 5.41) is 0. The number of ether oxygens (including phenoxy) is 1. The average Bonchev–Trinajstić information content (AvgIpc) is 2.40. The number of halogens is 1. The molecule has 19 heavy (non-hydrogen) atoms. The van der Waals surface area contributed by atoms with Crippen LogP contribution in [0.25, 0.3) is 6.08 Å². The summed E-state index contributed by atoms with van der Waals surface area (Å²) in [6, 6.07) is 6.44. The van der Waals surface area contributed by atoms with Crippen molar-refractivity contribution in [1.82, 2.24) is 4.90 Å². The SMILES string of the molecule is C[C@@H]1CN(C(=O)/C=C/c2ccccc2F)[C@@H](C)CO1. The van der Waals surface area contributed by atoms with Gasteiger partial charge in [-0.1, -0.05) is 18.2 Å². The summed E-state index contributed by atoms with van der Waals surface area (Å²) in [6.07, 6.45) is 2.99. The van der Waals surface area contributed by atoms with Crippen LogP contribution < -0.4 is 0 Å². The van der Waals surface area contributed by atoms with Crippen LogP contribution >= 0.6 is 0 Å². The lowest BCUT2D eigenvalue weighted by Crippen LogP contribution is -2.49. The summed E-state index contributed by atoms with van der Waals surface area (Å²) in [6.45, 7) is 5.00. The minimum absolute atomic E-state index is 0.0435. The Balaban J connectivity index is 2.06. The summed E-state index contributed by atoms with van der Waals surface area (Å²) >= 11 is 0. The van der Waals surface area contributed by atoms with Gasteiger partial charge in [-0.25, -0.2) is 4.39 Å². The molecule has 0 aromatic heterocycles. The molecule has 0 aliphatic carbocycles. The number of amides is 1. The Labute approximate surface area is 112 Å². The second kappa shape index (κ2) is 5.97. The van der Waals surface area contributed by atoms with Gasteiger partial charge in [0.2, 0.25) is 5.91 Å². The fraction of sp³-hybridized carbons (Fsp3) is 0.400. The third-order valence-corrected chi connectivity index (χ3v) is 3.20. The van der Waals surface area contributed by atoms with E-state index in [1.54, 1.807) is 23.1 Å². The van der Waals surface area contributed by atoms with Crippen LogP contribution in [0.15, 0.2) is 30.3 Å². The molecule has 1 aliphatic heterocycles. The highest BCUT2D eigenvalue weighted by Gasteiger charge is 2.25. The maximum atomic E-state index is 13.4. The van der Waals surface area contributed by atoms with E-state index in [0.717, 1.165) is 0 Å². The van der Waals surface area contributed by atoms with Gasteiger partial charge >= 0.3 is 0 Å². The van der Waals surface area contributed by atoms with Crippen LogP contribution in [-0.2, 0) is 9.53 Å². The predicted octanol–water partition coefficient (Wildman–Crippen LogP) is 2.47. The molecular weight excluding hydrogens is 245 g/mol. The monoisotopic (exact) mass is 263 g/mol. The van der Waals surface area contributed by atoms with Gasteiger partial charge in [0.15, 0.2) is 0 Å². The predicted molar refractivity (Wildman–Crippen MR) is 72.0 cm³/mol. The Kier molecular flexibility index (Phi) is 4.32. The second-order valence-corrected chi connectivity index (χ2v) is 4.84. The van der Waals surface area contributed by atoms with Crippen molar-refractivity contribution in [2.75, 3.05) is 13.2 Å². The molecule has 0 bridgehead atoms. The molecule has 102 valence electrons. The lowest BCUT2D eigenvalue weighted by molar-refractivity contribution is -0.137. The Morgan fingerprint density at radius 2 is 2.16 bits per heavy atom. The number of hydrogen-bond donors (Lipinski definition) is 0. The summed E-state index contributed by atoms with van der Waals surface area (Å²) < 4.78 is 18.9. The van der Waals surface area contributed by atoms with Crippen LogP contribution in [-0.4, -0.2) is 36.1 Å². The van der Waals surface area contributed by atoms with E-state index in [1.165, 1.54) is 18.2 Å². The maximum Gasteiger partial charge on any atom is 0.246 e. The minimum Gasteiger partial charge on any atom is -0.375 e. The molecule has 1 aromatic carbocycles. The third-order valence-electron chi connectivity index (χ3n) is 3.20. The van der Waals surface area contributed by atoms with Crippen LogP contribution in [0.2, 0.25) is 0 Å². The van der Waals surface area contributed by atoms with Gasteiger partial charge in [0, 0.05) is 18.2 Å². The zero-order valence-corrected chi connectivity index (χ0v) is 11.2. The van der Waals surface area contributed by atoms with E-state index in [2.05, 4.69) is 0 Å². The summed E-state index contributed by atoms with van der Waals surface area (Å²) in [5.41, 5.74) is 0.421. The van der Waals surface area contributed by atoms with Crippen molar-refractivity contribution in [1.29, 1.82) is 0 Å². The van der Waals surface area contributed by atoms with E-state index in [1.807, 2.05) is 13.8 Å². The number of hydrogen-bond acceptors (Lipinski definition) is 2. The Morgan fingerprint density at radius 1 is 1.42 bits per heavy atom. The average molecular weight is 263 g/mol. The summed E-state index contributed by atoms with van der Waals surface area (Å²) in [4.78, 5) is 13.9. The third kappa shape index (κ3) is 3.41. The highest BCUT2D eigenvalue weighted by molar-refractivity contribution is 5.92. The van der Waals surface area contributed by atoms with Gasteiger partial charge in [-0.05, 0) is 26.0 Å². The fourth-order valence-corrected chi connectivity index (χ4v) is 2.08. The van der Waals surface area contributed by atoms with E-state index in [-0.39, 0.29) is 23.9 Å². The Bertz CT molecular complexity index is 487. The number of nitrogens with zero attached hydrogens (tertiary/aromatic N) is 1. The van der Waals surface area contributed by atoms with Gasteiger partial charge in [-0.2, -0.15) is 0 Å². The molecule has 0 N–H and O–H groups in total. The largest absolute Gasteiger partial charge is 0.375 e. The quantitative estimate of drug-likeness (QED) is 0.767. The molecule has 0 saturated carbocycles. The van der Waals surface area contributed by atoms with Crippen molar-refractivity contribution in [3.8, 4) is 0 Å². The van der Waals surface area contributed by atoms with E-state index in [0.29, 0.717) is 18.7 Å². The normalized spacial score (nSPS) is 23.8. The molecule has 4 heteroatoms. The van der Waals surface area contributed by atoms with Gasteiger partial charge in [-0.15, -0.1) is 0 Å². The summed E-state index contributed by atoms with van der Waals surface area (Å²) in [5.74, 6) is -0.430. The maximum absolute atomic E-state index is 13.4. The molecule has 2 rings (SSSR count). The van der Waals surface area contributed by atoms with E-state index < -0.39 is 0 Å². The van der Waals surface area contributed by atoms with Crippen LogP contribution in [0.5, 0.6) is 0 Å². The molecule has 1 amide bonds. The molecule has 0 radical (unpaired) electrons. The first-order valence-corrected chi connectivity index (χ1v) is 6.42. The molecule has 1 heterocycles. The van der Waals surface area contributed by atoms with Crippen LogP contribution in [0.1, 0.15) is 19.4 Å². The van der Waals surface area contributed by atoms with Gasteiger partial charge in [0.05, 0.1) is 18.8 Å². The van der Waals surface area contributed by atoms with Gasteiger partial charge < -0.3 is 9.64 Å². The van der Waals surface area contributed by atoms with E-state index in [4.69, 9.17) is 4.74 Å². The number of morpholine rings is 1. The van der Waals surface area contributed by atoms with Gasteiger partial charge in [-0.3, -0.25) is 4.79 Å². The number of rotatable bonds is 2. The molecule has 1 aromatic rings. The van der Waals surface area contributed by atoms with Crippen molar-refractivity contribution in [2.45, 2.75) is 26.0 Å². The molecular formula is C15H18FNO2. The standard InChI is InChI=1S/C15H18FNO2/c1-11-10-19-12(2)9-17(11)15(18)8-7-13-5-3-4-6-14(13)16/h3-8,11-12H,9-10H2,1-2H3/b8-7+/t11-,12+/m0/s1. The van der Waals surface area contributed by atoms with Gasteiger partial charge in [0.25, 0.3) is 0 Å². The van der Waals surface area contributed by atoms with E-state index in [9.17, 15) is 9.18 Å². The van der Waals surface area contributed by atoms with Gasteiger partial charge in [0.1, 0.15) is 5.82 Å². The van der Waals surface area contributed by atoms with Crippen molar-refractivity contribution >= 4 is 12.0 Å². The first-order chi connectivity index (χ1) is 9.08. The molecule has 2 atom stereocenters. The molecule has 0 spiro atoms. The molecule has 0 unspecified atom stereocenters. The minimum atomic E-state index is -0.324. The zero-order valence-electron chi connectivity index (χ0n) is 11.2. The van der Waals surface area contributed by atoms with E-state index >= 15 is 0 Å². The Hall–Kier alpha value is -1.68. The first-order valence-electron chi connectivity index (χ1n) is 6.42. The van der Waals surface area contributed by atoms with Crippen LogP contribution in [0, 0.1) is 5.82 Å². The number of carbonyl (C=O) groups is 1. The molecule has 1 fully saturated rings. The van der Waals surface area contributed by atoms with Crippen molar-refractivity contribution in [2.24, 2.45) is 0 Å². The fourth-order valence-electron chi connectivity index (χ4n) is 2.08. The van der Waals surface area contributed by atoms with Crippen molar-refractivity contribution in [3.05, 3.63) is 41.7 Å². The molecule has 3 nitrogen and oxygen atoms in total. The lowest BCUT2D eigenvalue weighted by atomic mass is 10.1. The topological polar surface area (TPSA) is 29.5 Å². The first kappa shape index (κ1) is 13.7. The Morgan fingerprint density at radius 3 is 2.89 bits per heavy atom. The number of carbonyl (C=O) groups excluding carboxylic acids is 1. The summed E-state index contributed by atoms with van der Waals surface area (Å²) in [7, 11) is 0. The highest BCUT2D eigenvalue weighted by atomic mass is 19.1. The highest BCUT2D eigenvalue weighted by Crippen LogP contribution is 2.13. The molecule has 1 aliphatic rings. The van der Waals surface area contributed by atoms with Crippen molar-refractivity contribution < 1.29 is 13.9 Å². The van der Waals surface area contributed by atoms with Crippen LogP contribution in [0.3, 0.4) is 0 Å². The zero-order chi connectivity index (χ0) is 13.8. The lowest BCUT2D eigenvalue weighted by Gasteiger charge is -2.36. The molecule has 1 saturated heterocycles.